The standard InChI is InChI=1S/C23H29N5/c1-23(22-12-6-9-15-26-22,18-27(2)16-20-10-4-7-13-24-20)19-28(3)17-21-11-5-8-14-25-21/h4-15H,16-19H2,1-3H3. The summed E-state index contributed by atoms with van der Waals surface area (Å²) in [5.74, 6) is 0. The lowest BCUT2D eigenvalue weighted by Gasteiger charge is -2.36. The van der Waals surface area contributed by atoms with Gasteiger partial charge in [-0.05, 0) is 50.5 Å². The Morgan fingerprint density at radius 1 is 0.679 bits per heavy atom. The molecule has 28 heavy (non-hydrogen) atoms. The van der Waals surface area contributed by atoms with E-state index in [0.29, 0.717) is 0 Å². The van der Waals surface area contributed by atoms with Gasteiger partial charge < -0.3 is 0 Å². The molecule has 146 valence electrons. The van der Waals surface area contributed by atoms with Crippen molar-refractivity contribution in [3.63, 3.8) is 0 Å². The van der Waals surface area contributed by atoms with Crippen molar-refractivity contribution in [2.45, 2.75) is 25.4 Å². The van der Waals surface area contributed by atoms with Gasteiger partial charge in [-0.1, -0.05) is 25.1 Å². The van der Waals surface area contributed by atoms with Crippen LogP contribution in [0.1, 0.15) is 24.0 Å². The van der Waals surface area contributed by atoms with Gasteiger partial charge in [0.1, 0.15) is 0 Å². The van der Waals surface area contributed by atoms with Crippen molar-refractivity contribution in [1.29, 1.82) is 0 Å². The monoisotopic (exact) mass is 375 g/mol. The third kappa shape index (κ3) is 5.68. The highest BCUT2D eigenvalue weighted by atomic mass is 15.1. The van der Waals surface area contributed by atoms with Crippen LogP contribution in [0.3, 0.4) is 0 Å². The van der Waals surface area contributed by atoms with Gasteiger partial charge in [0.05, 0.1) is 11.4 Å². The molecule has 0 aromatic carbocycles. The maximum atomic E-state index is 4.69. The Morgan fingerprint density at radius 3 is 1.54 bits per heavy atom. The summed E-state index contributed by atoms with van der Waals surface area (Å²) in [4.78, 5) is 18.3. The van der Waals surface area contributed by atoms with Crippen molar-refractivity contribution < 1.29 is 0 Å². The van der Waals surface area contributed by atoms with E-state index in [1.807, 2.05) is 48.9 Å². The third-order valence-corrected chi connectivity index (χ3v) is 4.84. The van der Waals surface area contributed by atoms with E-state index >= 15 is 0 Å². The molecule has 3 aromatic heterocycles. The van der Waals surface area contributed by atoms with Crippen molar-refractivity contribution in [2.75, 3.05) is 27.2 Å². The summed E-state index contributed by atoms with van der Waals surface area (Å²) < 4.78 is 0. The van der Waals surface area contributed by atoms with Gasteiger partial charge in [0, 0.05) is 55.9 Å². The second-order valence-electron chi connectivity index (χ2n) is 7.76. The first kappa shape index (κ1) is 20.1. The molecule has 5 nitrogen and oxygen atoms in total. The number of aromatic nitrogens is 3. The minimum atomic E-state index is -0.117. The Hall–Kier alpha value is -2.63. The highest BCUT2D eigenvalue weighted by Crippen LogP contribution is 2.25. The van der Waals surface area contributed by atoms with Crippen LogP contribution < -0.4 is 0 Å². The van der Waals surface area contributed by atoms with E-state index in [-0.39, 0.29) is 5.41 Å². The van der Waals surface area contributed by atoms with E-state index < -0.39 is 0 Å². The largest absolute Gasteiger partial charge is 0.300 e. The van der Waals surface area contributed by atoms with Crippen LogP contribution in [0, 0.1) is 0 Å². The molecule has 0 bridgehead atoms. The van der Waals surface area contributed by atoms with Crippen LogP contribution in [0.5, 0.6) is 0 Å². The van der Waals surface area contributed by atoms with Crippen LogP contribution in [0.4, 0.5) is 0 Å². The van der Waals surface area contributed by atoms with Gasteiger partial charge in [-0.3, -0.25) is 24.8 Å². The zero-order chi connectivity index (χ0) is 19.8. The van der Waals surface area contributed by atoms with Crippen LogP contribution in [-0.2, 0) is 18.5 Å². The molecule has 0 unspecified atom stereocenters. The fourth-order valence-corrected chi connectivity index (χ4v) is 3.77. The lowest BCUT2D eigenvalue weighted by atomic mass is 9.84. The number of hydrogen-bond acceptors (Lipinski definition) is 5. The summed E-state index contributed by atoms with van der Waals surface area (Å²) in [6, 6.07) is 18.3. The van der Waals surface area contributed by atoms with Crippen molar-refractivity contribution in [2.24, 2.45) is 0 Å². The first-order valence-electron chi connectivity index (χ1n) is 9.63. The first-order valence-corrected chi connectivity index (χ1v) is 9.63. The Kier molecular flexibility index (Phi) is 6.85. The summed E-state index contributed by atoms with van der Waals surface area (Å²) in [7, 11) is 4.29. The fraction of sp³-hybridized carbons (Fsp3) is 0.348. The zero-order valence-electron chi connectivity index (χ0n) is 17.0. The van der Waals surface area contributed by atoms with Crippen LogP contribution in [0.25, 0.3) is 0 Å². The van der Waals surface area contributed by atoms with Gasteiger partial charge in [-0.2, -0.15) is 0 Å². The second-order valence-corrected chi connectivity index (χ2v) is 7.76. The van der Waals surface area contributed by atoms with Crippen LogP contribution >= 0.6 is 0 Å². The molecule has 3 heterocycles. The van der Waals surface area contributed by atoms with Gasteiger partial charge >= 0.3 is 0 Å². The summed E-state index contributed by atoms with van der Waals surface area (Å²) in [6.07, 6.45) is 5.58. The van der Waals surface area contributed by atoms with Gasteiger partial charge in [0.15, 0.2) is 0 Å². The van der Waals surface area contributed by atoms with E-state index in [9.17, 15) is 0 Å². The quantitative estimate of drug-likeness (QED) is 0.574. The van der Waals surface area contributed by atoms with Gasteiger partial charge in [-0.15, -0.1) is 0 Å². The van der Waals surface area contributed by atoms with Crippen LogP contribution in [0.2, 0.25) is 0 Å². The number of rotatable bonds is 9. The molecule has 0 radical (unpaired) electrons. The molecule has 0 fully saturated rings. The maximum absolute atomic E-state index is 4.69. The van der Waals surface area contributed by atoms with Crippen molar-refractivity contribution >= 4 is 0 Å². The highest BCUT2D eigenvalue weighted by molar-refractivity contribution is 5.18. The Balaban J connectivity index is 1.73. The smallest absolute Gasteiger partial charge is 0.0543 e. The van der Waals surface area contributed by atoms with E-state index in [1.54, 1.807) is 0 Å². The predicted molar refractivity (Wildman–Crippen MR) is 113 cm³/mol. The predicted octanol–water partition coefficient (Wildman–Crippen LogP) is 3.39. The summed E-state index contributed by atoms with van der Waals surface area (Å²) >= 11 is 0. The van der Waals surface area contributed by atoms with Crippen LogP contribution in [-0.4, -0.2) is 51.9 Å². The Morgan fingerprint density at radius 2 is 1.14 bits per heavy atom. The molecular weight excluding hydrogens is 346 g/mol. The van der Waals surface area contributed by atoms with E-state index in [1.165, 1.54) is 0 Å². The summed E-state index contributed by atoms with van der Waals surface area (Å²) in [5.41, 5.74) is 3.15. The molecule has 3 rings (SSSR count). The third-order valence-electron chi connectivity index (χ3n) is 4.84. The average Bonchev–Trinajstić information content (AvgIpc) is 2.70. The molecule has 0 atom stereocenters. The number of likely N-dealkylation sites (N-methyl/N-ethyl adjacent to an activating group) is 2. The SMILES string of the molecule is CN(Cc1ccccn1)CC(C)(CN(C)Cc1ccccn1)c1ccccn1. The Labute approximate surface area is 168 Å². The Bertz CT molecular complexity index is 774. The van der Waals surface area contributed by atoms with Gasteiger partial charge in [0.2, 0.25) is 0 Å². The molecule has 0 saturated heterocycles. The molecule has 0 aliphatic rings. The number of hydrogen-bond donors (Lipinski definition) is 0. The number of pyridine rings is 3. The van der Waals surface area contributed by atoms with Gasteiger partial charge in [0.25, 0.3) is 0 Å². The van der Waals surface area contributed by atoms with E-state index in [0.717, 1.165) is 43.3 Å². The maximum Gasteiger partial charge on any atom is 0.0543 e. The molecule has 0 amide bonds. The van der Waals surface area contributed by atoms with Crippen molar-refractivity contribution in [1.82, 2.24) is 24.8 Å². The molecule has 5 heteroatoms. The minimum Gasteiger partial charge on any atom is -0.300 e. The summed E-state index contributed by atoms with van der Waals surface area (Å²) in [5, 5.41) is 0. The molecular formula is C23H29N5. The first-order chi connectivity index (χ1) is 13.5. The molecule has 0 spiro atoms. The molecule has 0 aliphatic heterocycles. The summed E-state index contributed by atoms with van der Waals surface area (Å²) in [6.45, 7) is 5.68. The normalized spacial score (nSPS) is 11.9. The lowest BCUT2D eigenvalue weighted by Crippen LogP contribution is -2.45. The average molecular weight is 376 g/mol. The van der Waals surface area contributed by atoms with Crippen molar-refractivity contribution in [3.05, 3.63) is 90.3 Å². The number of nitrogens with zero attached hydrogens (tertiary/aromatic N) is 5. The fourth-order valence-electron chi connectivity index (χ4n) is 3.77. The zero-order valence-corrected chi connectivity index (χ0v) is 17.0. The van der Waals surface area contributed by atoms with Crippen molar-refractivity contribution in [3.8, 4) is 0 Å². The molecule has 0 saturated carbocycles. The van der Waals surface area contributed by atoms with Crippen LogP contribution in [0.15, 0.2) is 73.2 Å². The van der Waals surface area contributed by atoms with E-state index in [2.05, 4.69) is 70.0 Å². The van der Waals surface area contributed by atoms with E-state index in [4.69, 9.17) is 0 Å². The lowest BCUT2D eigenvalue weighted by molar-refractivity contribution is 0.181. The second kappa shape index (κ2) is 9.53. The topological polar surface area (TPSA) is 45.2 Å². The molecule has 3 aromatic rings. The van der Waals surface area contributed by atoms with Gasteiger partial charge in [-0.25, -0.2) is 0 Å². The molecule has 0 aliphatic carbocycles. The highest BCUT2D eigenvalue weighted by Gasteiger charge is 2.31. The minimum absolute atomic E-state index is 0.117. The molecule has 0 N–H and O–H groups in total.